The standard InChI is InChI=1S/C20H24N2O3S/c1-2-14-5-8-16(21-13-14)4-3-11-25-17-9-6-15(7-10-17)12-18-19(23)22-20(24)26-18/h5-10,13,18,20,24H,2-4,11-12H2,1H3,(H,22,23). The van der Waals surface area contributed by atoms with Crippen molar-refractivity contribution < 1.29 is 14.6 Å². The summed E-state index contributed by atoms with van der Waals surface area (Å²) in [6, 6.07) is 12.0. The number of carbonyl (C=O) groups excluding carboxylic acids is 1. The van der Waals surface area contributed by atoms with Gasteiger partial charge in [0.2, 0.25) is 5.91 Å². The number of hydrogen-bond donors (Lipinski definition) is 2. The molecular weight excluding hydrogens is 348 g/mol. The van der Waals surface area contributed by atoms with E-state index in [0.717, 1.165) is 36.3 Å². The Morgan fingerprint density at radius 3 is 2.58 bits per heavy atom. The van der Waals surface area contributed by atoms with Crippen molar-refractivity contribution in [1.82, 2.24) is 10.3 Å². The molecule has 1 aromatic heterocycles. The summed E-state index contributed by atoms with van der Waals surface area (Å²) < 4.78 is 5.78. The van der Waals surface area contributed by atoms with Gasteiger partial charge < -0.3 is 15.2 Å². The highest BCUT2D eigenvalue weighted by molar-refractivity contribution is 8.01. The molecule has 0 radical (unpaired) electrons. The summed E-state index contributed by atoms with van der Waals surface area (Å²) in [4.78, 5) is 16.1. The largest absolute Gasteiger partial charge is 0.494 e. The normalized spacial score (nSPS) is 19.4. The van der Waals surface area contributed by atoms with E-state index in [1.807, 2.05) is 30.5 Å². The van der Waals surface area contributed by atoms with Gasteiger partial charge in [-0.05, 0) is 55.0 Å². The molecule has 0 bridgehead atoms. The minimum Gasteiger partial charge on any atom is -0.494 e. The lowest BCUT2D eigenvalue weighted by molar-refractivity contribution is -0.121. The zero-order valence-corrected chi connectivity index (χ0v) is 15.7. The molecule has 0 saturated carbocycles. The third-order valence-electron chi connectivity index (χ3n) is 4.34. The zero-order chi connectivity index (χ0) is 18.4. The molecule has 2 N–H and O–H groups in total. The highest BCUT2D eigenvalue weighted by Crippen LogP contribution is 2.25. The molecule has 1 amide bonds. The number of amides is 1. The number of benzene rings is 1. The second-order valence-electron chi connectivity index (χ2n) is 6.30. The molecule has 2 unspecified atom stereocenters. The summed E-state index contributed by atoms with van der Waals surface area (Å²) >= 11 is 1.25. The number of nitrogens with one attached hydrogen (secondary N) is 1. The van der Waals surface area contributed by atoms with E-state index in [4.69, 9.17) is 4.74 Å². The zero-order valence-electron chi connectivity index (χ0n) is 14.9. The van der Waals surface area contributed by atoms with Gasteiger partial charge in [-0.1, -0.05) is 36.9 Å². The predicted molar refractivity (Wildman–Crippen MR) is 103 cm³/mol. The summed E-state index contributed by atoms with van der Waals surface area (Å²) in [7, 11) is 0. The van der Waals surface area contributed by atoms with E-state index in [1.54, 1.807) is 0 Å². The maximum atomic E-state index is 11.7. The van der Waals surface area contributed by atoms with Crippen molar-refractivity contribution >= 4 is 17.7 Å². The van der Waals surface area contributed by atoms with Crippen molar-refractivity contribution in [2.75, 3.05) is 6.61 Å². The number of thioether (sulfide) groups is 1. The van der Waals surface area contributed by atoms with Crippen LogP contribution in [0.15, 0.2) is 42.6 Å². The number of pyridine rings is 1. The second-order valence-corrected chi connectivity index (χ2v) is 7.58. The molecule has 2 atom stereocenters. The maximum absolute atomic E-state index is 11.7. The first-order valence-electron chi connectivity index (χ1n) is 8.93. The monoisotopic (exact) mass is 372 g/mol. The lowest BCUT2D eigenvalue weighted by Gasteiger charge is -2.09. The van der Waals surface area contributed by atoms with Crippen LogP contribution < -0.4 is 10.1 Å². The van der Waals surface area contributed by atoms with Gasteiger partial charge in [0.05, 0.1) is 11.9 Å². The fraction of sp³-hybridized carbons (Fsp3) is 0.400. The van der Waals surface area contributed by atoms with E-state index in [1.165, 1.54) is 17.3 Å². The SMILES string of the molecule is CCc1ccc(CCCOc2ccc(CC3SC(O)NC3=O)cc2)nc1. The van der Waals surface area contributed by atoms with E-state index in [0.29, 0.717) is 13.0 Å². The number of aliphatic hydroxyl groups is 1. The summed E-state index contributed by atoms with van der Waals surface area (Å²) in [5, 5.41) is 11.7. The van der Waals surface area contributed by atoms with Gasteiger partial charge in [0.15, 0.2) is 5.56 Å². The molecule has 2 heterocycles. The van der Waals surface area contributed by atoms with Gasteiger partial charge in [-0.2, -0.15) is 0 Å². The summed E-state index contributed by atoms with van der Waals surface area (Å²) in [6.45, 7) is 2.77. The molecule has 0 spiro atoms. The Balaban J connectivity index is 1.40. The fourth-order valence-corrected chi connectivity index (χ4v) is 3.77. The Bertz CT molecular complexity index is 719. The van der Waals surface area contributed by atoms with Crippen molar-refractivity contribution in [3.05, 3.63) is 59.4 Å². The van der Waals surface area contributed by atoms with Gasteiger partial charge in [-0.25, -0.2) is 0 Å². The number of ether oxygens (including phenoxy) is 1. The number of rotatable bonds is 8. The lowest BCUT2D eigenvalue weighted by Crippen LogP contribution is -2.27. The smallest absolute Gasteiger partial charge is 0.236 e. The van der Waals surface area contributed by atoms with Crippen LogP contribution in [0.1, 0.15) is 30.2 Å². The average molecular weight is 372 g/mol. The van der Waals surface area contributed by atoms with Crippen LogP contribution in [0.3, 0.4) is 0 Å². The van der Waals surface area contributed by atoms with Crippen molar-refractivity contribution in [1.29, 1.82) is 0 Å². The summed E-state index contributed by atoms with van der Waals surface area (Å²) in [5.41, 5.74) is 2.62. The Labute approximate surface area is 158 Å². The van der Waals surface area contributed by atoms with Crippen LogP contribution in [0.4, 0.5) is 0 Å². The number of aryl methyl sites for hydroxylation is 2. The van der Waals surface area contributed by atoms with Crippen LogP contribution >= 0.6 is 11.8 Å². The van der Waals surface area contributed by atoms with Gasteiger partial charge in [0, 0.05) is 11.9 Å². The van der Waals surface area contributed by atoms with Crippen LogP contribution in [0.25, 0.3) is 0 Å². The fourth-order valence-electron chi connectivity index (χ4n) is 2.80. The maximum Gasteiger partial charge on any atom is 0.236 e. The topological polar surface area (TPSA) is 71.5 Å². The molecule has 1 aliphatic heterocycles. The van der Waals surface area contributed by atoms with Crippen molar-refractivity contribution in [3.8, 4) is 5.75 Å². The Hall–Kier alpha value is -2.05. The lowest BCUT2D eigenvalue weighted by atomic mass is 10.1. The van der Waals surface area contributed by atoms with Crippen LogP contribution in [0.2, 0.25) is 0 Å². The molecular formula is C20H24N2O3S. The quantitative estimate of drug-likeness (QED) is 0.697. The Morgan fingerprint density at radius 2 is 1.96 bits per heavy atom. The van der Waals surface area contributed by atoms with E-state index >= 15 is 0 Å². The van der Waals surface area contributed by atoms with Crippen LogP contribution in [-0.4, -0.2) is 33.4 Å². The summed E-state index contributed by atoms with van der Waals surface area (Å²) in [5.74, 6) is 0.718. The molecule has 0 aliphatic carbocycles. The van der Waals surface area contributed by atoms with E-state index in [9.17, 15) is 9.90 Å². The molecule has 1 aromatic carbocycles. The van der Waals surface area contributed by atoms with Gasteiger partial charge in [-0.3, -0.25) is 9.78 Å². The second kappa shape index (κ2) is 9.05. The minimum atomic E-state index is -0.789. The van der Waals surface area contributed by atoms with Crippen LogP contribution in [-0.2, 0) is 24.1 Å². The van der Waals surface area contributed by atoms with Crippen LogP contribution in [0.5, 0.6) is 5.75 Å². The van der Waals surface area contributed by atoms with Crippen molar-refractivity contribution in [3.63, 3.8) is 0 Å². The number of hydrogen-bond acceptors (Lipinski definition) is 5. The van der Waals surface area contributed by atoms with Gasteiger partial charge >= 0.3 is 0 Å². The molecule has 2 aromatic rings. The molecule has 5 nitrogen and oxygen atoms in total. The van der Waals surface area contributed by atoms with Crippen molar-refractivity contribution in [2.24, 2.45) is 0 Å². The first kappa shape index (κ1) is 18.7. The van der Waals surface area contributed by atoms with Gasteiger partial charge in [-0.15, -0.1) is 0 Å². The number of nitrogens with zero attached hydrogens (tertiary/aromatic N) is 1. The third kappa shape index (κ3) is 5.22. The first-order chi connectivity index (χ1) is 12.6. The first-order valence-corrected chi connectivity index (χ1v) is 9.88. The van der Waals surface area contributed by atoms with Crippen molar-refractivity contribution in [2.45, 2.75) is 43.4 Å². The highest BCUT2D eigenvalue weighted by Gasteiger charge is 2.31. The van der Waals surface area contributed by atoms with Gasteiger partial charge in [0.1, 0.15) is 5.75 Å². The molecule has 3 rings (SSSR count). The number of aromatic nitrogens is 1. The van der Waals surface area contributed by atoms with E-state index in [2.05, 4.69) is 29.4 Å². The van der Waals surface area contributed by atoms with Gasteiger partial charge in [0.25, 0.3) is 0 Å². The predicted octanol–water partition coefficient (Wildman–Crippen LogP) is 2.71. The molecule has 1 aliphatic rings. The number of carbonyl (C=O) groups is 1. The molecule has 1 saturated heterocycles. The molecule has 6 heteroatoms. The molecule has 26 heavy (non-hydrogen) atoms. The Morgan fingerprint density at radius 1 is 1.19 bits per heavy atom. The average Bonchev–Trinajstić information content (AvgIpc) is 2.97. The van der Waals surface area contributed by atoms with Crippen LogP contribution in [0, 0.1) is 0 Å². The third-order valence-corrected chi connectivity index (χ3v) is 5.42. The highest BCUT2D eigenvalue weighted by atomic mass is 32.2. The molecule has 1 fully saturated rings. The Kier molecular flexibility index (Phi) is 6.52. The van der Waals surface area contributed by atoms with E-state index in [-0.39, 0.29) is 11.2 Å². The molecule has 138 valence electrons. The van der Waals surface area contributed by atoms with E-state index < -0.39 is 5.56 Å². The number of aliphatic hydroxyl groups excluding tert-OH is 1. The minimum absolute atomic E-state index is 0.108. The summed E-state index contributed by atoms with van der Waals surface area (Å²) in [6.07, 6.45) is 5.37.